The third kappa shape index (κ3) is 4.89. The molecule has 150 valence electrons. The Kier molecular flexibility index (Phi) is 6.66. The maximum Gasteiger partial charge on any atom is 0.241 e. The molecule has 1 atom stereocenters. The van der Waals surface area contributed by atoms with E-state index in [-0.39, 0.29) is 28.4 Å². The highest BCUT2D eigenvalue weighted by atomic mass is 32.2. The monoisotopic (exact) mass is 399 g/mol. The number of benzene rings is 1. The minimum atomic E-state index is -3.93. The van der Waals surface area contributed by atoms with E-state index in [0.717, 1.165) is 0 Å². The number of carbonyl (C=O) groups excluding carboxylic acids is 2. The van der Waals surface area contributed by atoms with Crippen LogP contribution in [0.3, 0.4) is 0 Å². The van der Waals surface area contributed by atoms with E-state index in [4.69, 9.17) is 15.2 Å². The van der Waals surface area contributed by atoms with Crippen LogP contribution in [-0.4, -0.2) is 58.5 Å². The van der Waals surface area contributed by atoms with Gasteiger partial charge in [-0.05, 0) is 31.9 Å². The lowest BCUT2D eigenvalue weighted by molar-refractivity contribution is -0.136. The second-order valence-corrected chi connectivity index (χ2v) is 8.08. The Hall–Kier alpha value is -2.33. The molecule has 0 radical (unpaired) electrons. The first-order valence-corrected chi connectivity index (χ1v) is 10.0. The molecule has 0 unspecified atom stereocenters. The van der Waals surface area contributed by atoms with E-state index in [1.807, 2.05) is 0 Å². The Morgan fingerprint density at radius 3 is 2.30 bits per heavy atom. The number of nitrogens with zero attached hydrogens (tertiary/aromatic N) is 1. The van der Waals surface area contributed by atoms with Crippen molar-refractivity contribution in [3.05, 3.63) is 18.2 Å². The van der Waals surface area contributed by atoms with Crippen molar-refractivity contribution in [2.45, 2.75) is 30.7 Å². The van der Waals surface area contributed by atoms with Crippen molar-refractivity contribution in [1.29, 1.82) is 0 Å². The smallest absolute Gasteiger partial charge is 0.241 e. The van der Waals surface area contributed by atoms with Crippen LogP contribution in [0.25, 0.3) is 0 Å². The lowest BCUT2D eigenvalue weighted by Crippen LogP contribution is -2.50. The Balaban J connectivity index is 2.06. The third-order valence-corrected chi connectivity index (χ3v) is 6.12. The van der Waals surface area contributed by atoms with Crippen molar-refractivity contribution < 1.29 is 27.5 Å². The quantitative estimate of drug-likeness (QED) is 0.669. The van der Waals surface area contributed by atoms with Gasteiger partial charge in [-0.15, -0.1) is 0 Å². The average Bonchev–Trinajstić information content (AvgIpc) is 2.66. The van der Waals surface area contributed by atoms with Crippen molar-refractivity contribution >= 4 is 21.8 Å². The normalized spacial score (nSPS) is 16.6. The van der Waals surface area contributed by atoms with Crippen molar-refractivity contribution in [1.82, 2.24) is 9.62 Å². The molecule has 2 rings (SSSR count). The summed E-state index contributed by atoms with van der Waals surface area (Å²) in [5, 5.41) is 0. The SMILES string of the molecule is COc1ccc(S(=O)(=O)N[C@@H](C)C(=O)N2CCC(C(N)=O)CC2)cc1OC. The first-order chi connectivity index (χ1) is 12.7. The Morgan fingerprint density at radius 1 is 1.19 bits per heavy atom. The van der Waals surface area contributed by atoms with Gasteiger partial charge in [0.15, 0.2) is 11.5 Å². The van der Waals surface area contributed by atoms with E-state index in [1.165, 1.54) is 39.3 Å². The van der Waals surface area contributed by atoms with Crippen LogP contribution in [0.2, 0.25) is 0 Å². The fourth-order valence-corrected chi connectivity index (χ4v) is 4.20. The summed E-state index contributed by atoms with van der Waals surface area (Å²) in [5.41, 5.74) is 5.29. The second-order valence-electron chi connectivity index (χ2n) is 6.36. The predicted molar refractivity (Wildman–Crippen MR) is 97.8 cm³/mol. The highest BCUT2D eigenvalue weighted by Gasteiger charge is 2.30. The molecule has 0 aromatic heterocycles. The maximum absolute atomic E-state index is 12.6. The average molecular weight is 399 g/mol. The third-order valence-electron chi connectivity index (χ3n) is 4.58. The van der Waals surface area contributed by atoms with Gasteiger partial charge in [-0.1, -0.05) is 0 Å². The molecule has 0 spiro atoms. The van der Waals surface area contributed by atoms with Crippen LogP contribution in [0.1, 0.15) is 19.8 Å². The summed E-state index contributed by atoms with van der Waals surface area (Å²) in [6.45, 7) is 2.23. The molecule has 1 aromatic carbocycles. The number of rotatable bonds is 7. The number of nitrogens with one attached hydrogen (secondary N) is 1. The molecule has 1 aliphatic rings. The van der Waals surface area contributed by atoms with Gasteiger partial charge in [0.25, 0.3) is 0 Å². The van der Waals surface area contributed by atoms with E-state index >= 15 is 0 Å². The number of likely N-dealkylation sites (tertiary alicyclic amines) is 1. The second kappa shape index (κ2) is 8.57. The van der Waals surface area contributed by atoms with E-state index in [2.05, 4.69) is 4.72 Å². The molecular weight excluding hydrogens is 374 g/mol. The Labute approximate surface area is 158 Å². The van der Waals surface area contributed by atoms with Crippen molar-refractivity contribution in [2.75, 3.05) is 27.3 Å². The molecule has 0 aliphatic carbocycles. The van der Waals surface area contributed by atoms with Gasteiger partial charge in [0.05, 0.1) is 25.2 Å². The van der Waals surface area contributed by atoms with Gasteiger partial charge in [-0.3, -0.25) is 9.59 Å². The van der Waals surface area contributed by atoms with Crippen LogP contribution in [0.4, 0.5) is 0 Å². The Bertz CT molecular complexity index is 803. The van der Waals surface area contributed by atoms with Crippen LogP contribution >= 0.6 is 0 Å². The summed E-state index contributed by atoms with van der Waals surface area (Å²) < 4.78 is 37.8. The molecule has 3 N–H and O–H groups in total. The number of primary amides is 1. The van der Waals surface area contributed by atoms with Gasteiger partial charge in [0, 0.05) is 25.1 Å². The van der Waals surface area contributed by atoms with Crippen LogP contribution in [0.5, 0.6) is 11.5 Å². The largest absolute Gasteiger partial charge is 0.493 e. The number of nitrogens with two attached hydrogens (primary N) is 1. The fourth-order valence-electron chi connectivity index (χ4n) is 2.99. The summed E-state index contributed by atoms with van der Waals surface area (Å²) in [4.78, 5) is 25.3. The van der Waals surface area contributed by atoms with E-state index in [0.29, 0.717) is 31.7 Å². The summed E-state index contributed by atoms with van der Waals surface area (Å²) >= 11 is 0. The van der Waals surface area contributed by atoms with Crippen LogP contribution < -0.4 is 19.9 Å². The molecule has 10 heteroatoms. The van der Waals surface area contributed by atoms with Crippen LogP contribution in [0.15, 0.2) is 23.1 Å². The number of piperidine rings is 1. The number of methoxy groups -OCH3 is 2. The lowest BCUT2D eigenvalue weighted by atomic mass is 9.96. The minimum Gasteiger partial charge on any atom is -0.493 e. The van der Waals surface area contributed by atoms with Gasteiger partial charge >= 0.3 is 0 Å². The zero-order valence-corrected chi connectivity index (χ0v) is 16.4. The van der Waals surface area contributed by atoms with Crippen molar-refractivity contribution in [2.24, 2.45) is 11.7 Å². The van der Waals surface area contributed by atoms with Gasteiger partial charge in [-0.2, -0.15) is 4.72 Å². The first kappa shape index (κ1) is 21.0. The topological polar surface area (TPSA) is 128 Å². The summed E-state index contributed by atoms with van der Waals surface area (Å²) in [7, 11) is -1.08. The number of carbonyl (C=O) groups is 2. The molecule has 1 aliphatic heterocycles. The van der Waals surface area contributed by atoms with Gasteiger partial charge in [0.2, 0.25) is 21.8 Å². The Morgan fingerprint density at radius 2 is 1.78 bits per heavy atom. The van der Waals surface area contributed by atoms with Crippen LogP contribution in [0, 0.1) is 5.92 Å². The van der Waals surface area contributed by atoms with E-state index in [1.54, 1.807) is 4.90 Å². The molecule has 1 saturated heterocycles. The number of hydrogen-bond donors (Lipinski definition) is 2. The molecule has 0 bridgehead atoms. The fraction of sp³-hybridized carbons (Fsp3) is 0.529. The molecule has 1 fully saturated rings. The molecule has 27 heavy (non-hydrogen) atoms. The number of hydrogen-bond acceptors (Lipinski definition) is 6. The lowest BCUT2D eigenvalue weighted by Gasteiger charge is -2.32. The first-order valence-electron chi connectivity index (χ1n) is 8.52. The predicted octanol–water partition coefficient (Wildman–Crippen LogP) is 0.0945. The molecule has 9 nitrogen and oxygen atoms in total. The highest BCUT2D eigenvalue weighted by molar-refractivity contribution is 7.89. The van der Waals surface area contributed by atoms with Gasteiger partial charge in [0.1, 0.15) is 0 Å². The zero-order valence-electron chi connectivity index (χ0n) is 15.6. The molecule has 0 saturated carbocycles. The van der Waals surface area contributed by atoms with Gasteiger partial charge in [-0.25, -0.2) is 8.42 Å². The number of sulfonamides is 1. The van der Waals surface area contributed by atoms with E-state index < -0.39 is 16.1 Å². The zero-order chi connectivity index (χ0) is 20.2. The summed E-state index contributed by atoms with van der Waals surface area (Å²) in [6, 6.07) is 3.23. The molecular formula is C17H25N3O6S. The maximum atomic E-state index is 12.6. The number of amides is 2. The van der Waals surface area contributed by atoms with Gasteiger partial charge < -0.3 is 20.1 Å². The summed E-state index contributed by atoms with van der Waals surface area (Å²) in [5.74, 6) is -0.287. The summed E-state index contributed by atoms with van der Waals surface area (Å²) in [6.07, 6.45) is 0.965. The minimum absolute atomic E-state index is 0.0350. The molecule has 1 heterocycles. The van der Waals surface area contributed by atoms with Crippen molar-refractivity contribution in [3.8, 4) is 11.5 Å². The van der Waals surface area contributed by atoms with E-state index in [9.17, 15) is 18.0 Å². The highest BCUT2D eigenvalue weighted by Crippen LogP contribution is 2.29. The molecule has 1 aromatic rings. The molecule has 2 amide bonds. The van der Waals surface area contributed by atoms with Crippen molar-refractivity contribution in [3.63, 3.8) is 0 Å². The van der Waals surface area contributed by atoms with Crippen LogP contribution in [-0.2, 0) is 19.6 Å². The standard InChI is InChI=1S/C17H25N3O6S/c1-11(17(22)20-8-6-12(7-9-20)16(18)21)19-27(23,24)13-4-5-14(25-2)15(10-13)26-3/h4-5,10-12,19H,6-9H2,1-3H3,(H2,18,21)/t11-/m0/s1. The number of ether oxygens (including phenoxy) is 2.